The van der Waals surface area contributed by atoms with Crippen LogP contribution in [0.2, 0.25) is 0 Å². The fourth-order valence-corrected chi connectivity index (χ4v) is 2.23. The van der Waals surface area contributed by atoms with Crippen molar-refractivity contribution < 1.29 is 50.5 Å². The quantitative estimate of drug-likeness (QED) is 0.460. The minimum atomic E-state index is -6.30. The van der Waals surface area contributed by atoms with Gasteiger partial charge in [0, 0.05) is 0 Å². The minimum absolute atomic E-state index is 0.378. The van der Waals surface area contributed by atoms with Crippen LogP contribution in [-0.4, -0.2) is 48.2 Å². The number of hydrogen-bond acceptors (Lipinski definition) is 5. The molecule has 11 heteroatoms. The lowest BCUT2D eigenvalue weighted by molar-refractivity contribution is -0.357. The Labute approximate surface area is 132 Å². The van der Waals surface area contributed by atoms with Crippen LogP contribution in [0.25, 0.3) is 0 Å². The van der Waals surface area contributed by atoms with Crippen LogP contribution in [0, 0.1) is 5.92 Å². The molecule has 0 atom stereocenters. The summed E-state index contributed by atoms with van der Waals surface area (Å²) in [5, 5.41) is 8.73. The zero-order valence-corrected chi connectivity index (χ0v) is 12.4. The van der Waals surface area contributed by atoms with Gasteiger partial charge in [0.05, 0.1) is 5.92 Å². The fourth-order valence-electron chi connectivity index (χ4n) is 2.23. The lowest BCUT2D eigenvalue weighted by Crippen LogP contribution is -2.63. The van der Waals surface area contributed by atoms with Crippen molar-refractivity contribution in [2.24, 2.45) is 5.92 Å². The number of ether oxygens (including phenoxy) is 2. The van der Waals surface area contributed by atoms with E-state index in [4.69, 9.17) is 5.11 Å². The Morgan fingerprint density at radius 1 is 0.875 bits per heavy atom. The highest BCUT2D eigenvalue weighted by Gasteiger charge is 2.76. The summed E-state index contributed by atoms with van der Waals surface area (Å²) in [5.74, 6) is -3.94. The van der Waals surface area contributed by atoms with Gasteiger partial charge >= 0.3 is 29.9 Å². The number of halogens is 6. The third-order valence-corrected chi connectivity index (χ3v) is 3.62. The Kier molecular flexibility index (Phi) is 6.48. The first-order chi connectivity index (χ1) is 10.9. The number of hydrogen-bond donors (Lipinski definition) is 1. The maximum Gasteiger partial charge on any atom is 0.437 e. The van der Waals surface area contributed by atoms with Gasteiger partial charge in [-0.05, 0) is 12.8 Å². The van der Waals surface area contributed by atoms with Gasteiger partial charge < -0.3 is 14.6 Å². The number of carbonyl (C=O) groups excluding carboxylic acids is 2. The molecule has 0 aromatic heterocycles. The molecule has 1 fully saturated rings. The topological polar surface area (TPSA) is 72.8 Å². The smallest absolute Gasteiger partial charge is 0.437 e. The number of alkyl halides is 6. The van der Waals surface area contributed by atoms with Crippen molar-refractivity contribution in [3.8, 4) is 0 Å². The second kappa shape index (κ2) is 7.58. The molecule has 1 aliphatic carbocycles. The normalized spacial score (nSPS) is 17.5. The maximum atomic E-state index is 12.4. The average Bonchev–Trinajstić information content (AvgIpc) is 2.48. The van der Waals surface area contributed by atoms with Gasteiger partial charge in [-0.3, -0.25) is 4.79 Å². The van der Waals surface area contributed by atoms with E-state index in [2.05, 4.69) is 9.47 Å². The summed E-state index contributed by atoms with van der Waals surface area (Å²) in [4.78, 5) is 22.6. The molecule has 1 N–H and O–H groups in total. The first-order valence-corrected chi connectivity index (χ1v) is 7.11. The van der Waals surface area contributed by atoms with Crippen LogP contribution in [0.1, 0.15) is 32.1 Å². The SMILES string of the molecule is O=C(OCCOC(=O)C(O)(C(F)(F)F)C(F)(F)F)C1CCCCC1. The van der Waals surface area contributed by atoms with Crippen LogP contribution in [0.15, 0.2) is 0 Å². The van der Waals surface area contributed by atoms with Gasteiger partial charge in [-0.2, -0.15) is 26.3 Å². The summed E-state index contributed by atoms with van der Waals surface area (Å²) in [5.41, 5.74) is -5.63. The van der Waals surface area contributed by atoms with Crippen molar-refractivity contribution >= 4 is 11.9 Å². The third kappa shape index (κ3) is 4.52. The molecular weight excluding hydrogens is 350 g/mol. The van der Waals surface area contributed by atoms with Crippen LogP contribution in [0.3, 0.4) is 0 Å². The average molecular weight is 366 g/mol. The molecule has 0 unspecified atom stereocenters. The Morgan fingerprint density at radius 2 is 1.33 bits per heavy atom. The van der Waals surface area contributed by atoms with Gasteiger partial charge in [-0.1, -0.05) is 19.3 Å². The van der Waals surface area contributed by atoms with Gasteiger partial charge in [0.15, 0.2) is 0 Å². The summed E-state index contributed by atoms with van der Waals surface area (Å²) < 4.78 is 82.7. The van der Waals surface area contributed by atoms with E-state index < -0.39 is 43.1 Å². The van der Waals surface area contributed by atoms with E-state index in [0.29, 0.717) is 12.8 Å². The van der Waals surface area contributed by atoms with Crippen molar-refractivity contribution in [1.82, 2.24) is 0 Å². The highest BCUT2D eigenvalue weighted by Crippen LogP contribution is 2.43. The molecule has 0 bridgehead atoms. The lowest BCUT2D eigenvalue weighted by atomic mass is 9.89. The molecule has 1 aliphatic rings. The Morgan fingerprint density at radius 3 is 1.79 bits per heavy atom. The molecule has 0 radical (unpaired) electrons. The van der Waals surface area contributed by atoms with Gasteiger partial charge in [-0.25, -0.2) is 4.79 Å². The van der Waals surface area contributed by atoms with E-state index in [0.717, 1.165) is 19.3 Å². The second-order valence-corrected chi connectivity index (χ2v) is 5.34. The van der Waals surface area contributed by atoms with Crippen molar-refractivity contribution in [1.29, 1.82) is 0 Å². The molecule has 0 aromatic rings. The summed E-state index contributed by atoms with van der Waals surface area (Å²) in [6, 6.07) is 0. The zero-order chi connectivity index (χ0) is 18.6. The van der Waals surface area contributed by atoms with Gasteiger partial charge in [0.2, 0.25) is 0 Å². The molecule has 1 rings (SSSR count). The highest BCUT2D eigenvalue weighted by molar-refractivity contribution is 5.81. The van der Waals surface area contributed by atoms with E-state index >= 15 is 0 Å². The Bertz CT molecular complexity index is 439. The first-order valence-electron chi connectivity index (χ1n) is 7.11. The van der Waals surface area contributed by atoms with E-state index in [1.54, 1.807) is 0 Å². The van der Waals surface area contributed by atoms with E-state index in [9.17, 15) is 35.9 Å². The largest absolute Gasteiger partial charge is 0.462 e. The predicted molar refractivity (Wildman–Crippen MR) is 65.6 cm³/mol. The second-order valence-electron chi connectivity index (χ2n) is 5.34. The van der Waals surface area contributed by atoms with E-state index in [-0.39, 0.29) is 5.92 Å². The van der Waals surface area contributed by atoms with Crippen LogP contribution in [0.5, 0.6) is 0 Å². The molecule has 0 amide bonds. The van der Waals surface area contributed by atoms with Crippen molar-refractivity contribution in [3.05, 3.63) is 0 Å². The van der Waals surface area contributed by atoms with Gasteiger partial charge in [0.1, 0.15) is 13.2 Å². The zero-order valence-electron chi connectivity index (χ0n) is 12.4. The number of carbonyl (C=O) groups is 2. The Balaban J connectivity index is 2.51. The van der Waals surface area contributed by atoms with Crippen LogP contribution >= 0.6 is 0 Å². The van der Waals surface area contributed by atoms with Gasteiger partial charge in [-0.15, -0.1) is 0 Å². The molecule has 0 aliphatic heterocycles. The standard InChI is InChI=1S/C13H16F6O5/c14-12(15,16)11(22,13(17,18)19)10(21)24-7-6-23-9(20)8-4-2-1-3-5-8/h8,22H,1-7H2. The molecule has 24 heavy (non-hydrogen) atoms. The van der Waals surface area contributed by atoms with Gasteiger partial charge in [0.25, 0.3) is 0 Å². The van der Waals surface area contributed by atoms with Crippen LogP contribution < -0.4 is 0 Å². The fraction of sp³-hybridized carbons (Fsp3) is 0.846. The third-order valence-electron chi connectivity index (χ3n) is 3.62. The molecule has 0 aromatic carbocycles. The molecule has 5 nitrogen and oxygen atoms in total. The van der Waals surface area contributed by atoms with E-state index in [1.165, 1.54) is 0 Å². The molecular formula is C13H16F6O5. The number of aliphatic hydroxyl groups is 1. The van der Waals surface area contributed by atoms with Crippen molar-refractivity contribution in [3.63, 3.8) is 0 Å². The van der Waals surface area contributed by atoms with Crippen LogP contribution in [-0.2, 0) is 19.1 Å². The molecule has 0 saturated heterocycles. The summed E-state index contributed by atoms with van der Waals surface area (Å²) >= 11 is 0. The summed E-state index contributed by atoms with van der Waals surface area (Å²) in [6.07, 6.45) is -8.84. The molecule has 140 valence electrons. The highest BCUT2D eigenvalue weighted by atomic mass is 19.4. The van der Waals surface area contributed by atoms with Crippen molar-refractivity contribution in [2.45, 2.75) is 50.1 Å². The monoisotopic (exact) mass is 366 g/mol. The first kappa shape index (κ1) is 20.5. The van der Waals surface area contributed by atoms with Crippen LogP contribution in [0.4, 0.5) is 26.3 Å². The minimum Gasteiger partial charge on any atom is -0.462 e. The summed E-state index contributed by atoms with van der Waals surface area (Å²) in [6.45, 7) is -1.74. The number of rotatable bonds is 5. The predicted octanol–water partition coefficient (Wildman–Crippen LogP) is 2.51. The summed E-state index contributed by atoms with van der Waals surface area (Å²) in [7, 11) is 0. The lowest BCUT2D eigenvalue weighted by Gasteiger charge is -2.29. The Hall–Kier alpha value is -1.52. The van der Waals surface area contributed by atoms with Crippen molar-refractivity contribution in [2.75, 3.05) is 13.2 Å². The number of esters is 2. The molecule has 0 spiro atoms. The molecule has 0 heterocycles. The maximum absolute atomic E-state index is 12.4. The molecule has 1 saturated carbocycles. The van der Waals surface area contributed by atoms with E-state index in [1.807, 2.05) is 0 Å².